The molecule has 2 rings (SSSR count). The Morgan fingerprint density at radius 1 is 1.29 bits per heavy atom. The summed E-state index contributed by atoms with van der Waals surface area (Å²) in [5, 5.41) is 3.42. The van der Waals surface area contributed by atoms with Crippen LogP contribution in [0, 0.1) is 6.92 Å². The first-order valence-electron chi connectivity index (χ1n) is 5.96. The Hall–Kier alpha value is -0.700. The largest absolute Gasteiger partial charge is 0.462 e. The van der Waals surface area contributed by atoms with Crippen LogP contribution in [0.15, 0.2) is 19.7 Å². The maximum Gasteiger partial charge on any atom is 0.348 e. The Kier molecular flexibility index (Phi) is 5.59. The Labute approximate surface area is 146 Å². The van der Waals surface area contributed by atoms with E-state index in [2.05, 4.69) is 37.2 Å². The molecule has 2 aromatic heterocycles. The summed E-state index contributed by atoms with van der Waals surface area (Å²) in [5.74, 6) is -0.583. The number of aryl methyl sites for hydroxylation is 1. The van der Waals surface area contributed by atoms with Gasteiger partial charge in [-0.15, -0.1) is 22.7 Å². The van der Waals surface area contributed by atoms with E-state index in [1.807, 2.05) is 6.92 Å². The van der Waals surface area contributed by atoms with Crippen molar-refractivity contribution in [3.8, 4) is 0 Å². The number of rotatable bonds is 4. The van der Waals surface area contributed by atoms with Crippen LogP contribution < -0.4 is 5.32 Å². The summed E-state index contributed by atoms with van der Waals surface area (Å²) in [5.41, 5.74) is 1.34. The van der Waals surface area contributed by atoms with E-state index in [0.717, 1.165) is 13.1 Å². The van der Waals surface area contributed by atoms with Crippen LogP contribution in [-0.4, -0.2) is 18.5 Å². The third kappa shape index (κ3) is 3.94. The molecule has 0 atom stereocenters. The third-order valence-electron chi connectivity index (χ3n) is 2.52. The fourth-order valence-corrected chi connectivity index (χ4v) is 5.37. The zero-order valence-electron chi connectivity index (χ0n) is 11.2. The summed E-state index contributed by atoms with van der Waals surface area (Å²) in [7, 11) is 0. The lowest BCUT2D eigenvalue weighted by Gasteiger charge is -2.00. The molecule has 112 valence electrons. The number of hydrogen-bond donors (Lipinski definition) is 1. The zero-order chi connectivity index (χ0) is 15.6. The molecular formula is C13H11Br2NO3S2. The maximum atomic E-state index is 12.2. The predicted octanol–water partition coefficient (Wildman–Crippen LogP) is 5.07. The second-order valence-electron chi connectivity index (χ2n) is 4.04. The van der Waals surface area contributed by atoms with E-state index in [4.69, 9.17) is 4.74 Å². The van der Waals surface area contributed by atoms with E-state index in [-0.39, 0.29) is 11.9 Å². The van der Waals surface area contributed by atoms with Gasteiger partial charge in [0.15, 0.2) is 0 Å². The topological polar surface area (TPSA) is 55.4 Å². The lowest BCUT2D eigenvalue weighted by Crippen LogP contribution is -2.10. The molecule has 0 saturated carbocycles. The summed E-state index contributed by atoms with van der Waals surface area (Å²) in [6.07, 6.45) is 0. The van der Waals surface area contributed by atoms with Gasteiger partial charge in [-0.25, -0.2) is 4.79 Å². The highest BCUT2D eigenvalue weighted by Crippen LogP contribution is 2.33. The molecule has 0 spiro atoms. The molecule has 0 saturated heterocycles. The number of ether oxygens (including phenoxy) is 1. The molecule has 0 aliphatic rings. The Morgan fingerprint density at radius 3 is 2.57 bits per heavy atom. The summed E-state index contributed by atoms with van der Waals surface area (Å²) in [4.78, 5) is 24.5. The van der Waals surface area contributed by atoms with Crippen molar-refractivity contribution in [2.24, 2.45) is 0 Å². The lowest BCUT2D eigenvalue weighted by atomic mass is 10.3. The minimum absolute atomic E-state index is 0.222. The number of halogens is 2. The van der Waals surface area contributed by atoms with Crippen LogP contribution in [0.4, 0.5) is 5.00 Å². The van der Waals surface area contributed by atoms with Crippen LogP contribution in [-0.2, 0) is 4.74 Å². The summed E-state index contributed by atoms with van der Waals surface area (Å²) < 4.78 is 6.61. The molecule has 8 heteroatoms. The van der Waals surface area contributed by atoms with Crippen LogP contribution in [0.25, 0.3) is 0 Å². The van der Waals surface area contributed by atoms with Crippen LogP contribution in [0.2, 0.25) is 0 Å². The van der Waals surface area contributed by atoms with Gasteiger partial charge in [-0.2, -0.15) is 0 Å². The number of thiophene rings is 2. The normalized spacial score (nSPS) is 10.5. The number of esters is 1. The summed E-state index contributed by atoms with van der Waals surface area (Å²) >= 11 is 9.33. The van der Waals surface area contributed by atoms with Crippen molar-refractivity contribution in [3.05, 3.63) is 35.7 Å². The van der Waals surface area contributed by atoms with Gasteiger partial charge in [-0.1, -0.05) is 0 Å². The van der Waals surface area contributed by atoms with E-state index in [1.165, 1.54) is 22.7 Å². The number of hydrogen-bond acceptors (Lipinski definition) is 5. The highest BCUT2D eigenvalue weighted by molar-refractivity contribution is 9.12. The van der Waals surface area contributed by atoms with Crippen LogP contribution in [0.1, 0.15) is 32.5 Å². The van der Waals surface area contributed by atoms with Gasteiger partial charge in [-0.05, 0) is 63.4 Å². The van der Waals surface area contributed by atoms with E-state index < -0.39 is 0 Å². The predicted molar refractivity (Wildman–Crippen MR) is 92.7 cm³/mol. The van der Waals surface area contributed by atoms with Gasteiger partial charge >= 0.3 is 5.97 Å². The first kappa shape index (κ1) is 16.7. The molecular weight excluding hydrogens is 442 g/mol. The van der Waals surface area contributed by atoms with E-state index >= 15 is 0 Å². The molecule has 0 fully saturated rings. The monoisotopic (exact) mass is 451 g/mol. The van der Waals surface area contributed by atoms with Crippen molar-refractivity contribution in [1.29, 1.82) is 0 Å². The van der Waals surface area contributed by atoms with Gasteiger partial charge in [0.25, 0.3) is 5.91 Å². The van der Waals surface area contributed by atoms with Crippen LogP contribution in [0.5, 0.6) is 0 Å². The van der Waals surface area contributed by atoms with Gasteiger partial charge in [0.1, 0.15) is 4.88 Å². The average Bonchev–Trinajstić information content (AvgIpc) is 2.92. The average molecular weight is 453 g/mol. The van der Waals surface area contributed by atoms with Crippen LogP contribution in [0.3, 0.4) is 0 Å². The van der Waals surface area contributed by atoms with Crippen molar-refractivity contribution >= 4 is 71.4 Å². The first-order chi connectivity index (χ1) is 9.92. The number of amides is 1. The highest BCUT2D eigenvalue weighted by atomic mass is 79.9. The van der Waals surface area contributed by atoms with E-state index in [9.17, 15) is 9.59 Å². The molecule has 2 heterocycles. The second-order valence-corrected chi connectivity index (χ2v) is 8.84. The summed E-state index contributed by atoms with van der Waals surface area (Å²) in [6, 6.07) is 3.51. The molecule has 0 radical (unpaired) electrons. The molecule has 2 aromatic rings. The van der Waals surface area contributed by atoms with Crippen molar-refractivity contribution in [1.82, 2.24) is 0 Å². The molecule has 0 unspecified atom stereocenters. The smallest absolute Gasteiger partial charge is 0.348 e. The second kappa shape index (κ2) is 7.04. The quantitative estimate of drug-likeness (QED) is 0.658. The third-order valence-corrected chi connectivity index (χ3v) is 5.99. The molecule has 0 aliphatic heterocycles. The number of carbonyl (C=O) groups is 2. The molecule has 21 heavy (non-hydrogen) atoms. The van der Waals surface area contributed by atoms with Crippen molar-refractivity contribution in [2.45, 2.75) is 13.8 Å². The first-order valence-corrected chi connectivity index (χ1v) is 9.18. The van der Waals surface area contributed by atoms with Crippen LogP contribution >= 0.6 is 54.5 Å². The molecule has 4 nitrogen and oxygen atoms in total. The number of anilines is 1. The van der Waals surface area contributed by atoms with Crippen molar-refractivity contribution in [3.63, 3.8) is 0 Å². The zero-order valence-corrected chi connectivity index (χ0v) is 16.0. The molecule has 1 amide bonds. The fourth-order valence-electron chi connectivity index (χ4n) is 1.62. The molecule has 0 aliphatic carbocycles. The molecule has 1 N–H and O–H groups in total. The summed E-state index contributed by atoms with van der Waals surface area (Å²) in [6.45, 7) is 3.90. The minimum atomic E-state index is -0.361. The van der Waals surface area contributed by atoms with Gasteiger partial charge in [0.05, 0.1) is 24.7 Å². The Balaban J connectivity index is 2.17. The fraction of sp³-hybridized carbons (Fsp3) is 0.231. The Bertz CT molecular complexity index is 694. The van der Waals surface area contributed by atoms with E-state index in [1.54, 1.807) is 19.1 Å². The maximum absolute atomic E-state index is 12.2. The van der Waals surface area contributed by atoms with Gasteiger partial charge < -0.3 is 10.1 Å². The number of nitrogens with one attached hydrogen (secondary N) is 1. The highest BCUT2D eigenvalue weighted by Gasteiger charge is 2.18. The lowest BCUT2D eigenvalue weighted by molar-refractivity contribution is 0.0531. The number of carbonyl (C=O) groups excluding carboxylic acids is 2. The van der Waals surface area contributed by atoms with Gasteiger partial charge in [-0.3, -0.25) is 4.79 Å². The van der Waals surface area contributed by atoms with Gasteiger partial charge in [0.2, 0.25) is 0 Å². The van der Waals surface area contributed by atoms with Crippen molar-refractivity contribution < 1.29 is 14.3 Å². The Morgan fingerprint density at radius 2 is 2.00 bits per heavy atom. The molecule has 0 aromatic carbocycles. The van der Waals surface area contributed by atoms with Gasteiger partial charge in [0, 0.05) is 0 Å². The van der Waals surface area contributed by atoms with Crippen molar-refractivity contribution in [2.75, 3.05) is 11.9 Å². The standard InChI is InChI=1S/C13H11Br2NO3S2/c1-3-19-13(18)10-6(2)4-9(21-10)16-12(17)7-5-8(14)20-11(7)15/h4-5H,3H2,1-2H3,(H,16,17). The minimum Gasteiger partial charge on any atom is -0.462 e. The molecule has 0 bridgehead atoms. The van der Waals surface area contributed by atoms with E-state index in [0.29, 0.717) is 22.0 Å². The SMILES string of the molecule is CCOC(=O)c1sc(NC(=O)c2cc(Br)sc2Br)cc1C.